The summed E-state index contributed by atoms with van der Waals surface area (Å²) in [4.78, 5) is 33.5. The zero-order chi connectivity index (χ0) is 23.5. The van der Waals surface area contributed by atoms with Crippen LogP contribution in [0.1, 0.15) is 32.8 Å². The minimum atomic E-state index is -0.788. The minimum Gasteiger partial charge on any atom is -0.361 e. The fourth-order valence-corrected chi connectivity index (χ4v) is 4.19. The monoisotopic (exact) mass is 501 g/mol. The molecule has 3 amide bonds. The third-order valence-electron chi connectivity index (χ3n) is 5.75. The molecule has 186 valence electrons. The van der Waals surface area contributed by atoms with Gasteiger partial charge in [0, 0.05) is 53.4 Å². The molecule has 0 aliphatic carbocycles. The van der Waals surface area contributed by atoms with E-state index in [1.807, 2.05) is 13.1 Å². The summed E-state index contributed by atoms with van der Waals surface area (Å²) in [5.74, 6) is -1.90. The summed E-state index contributed by atoms with van der Waals surface area (Å²) < 4.78 is 26.7. The molecular formula is C25H29F2N5O2S. The molecular weight excluding hydrogens is 472 g/mol. The molecule has 0 unspecified atom stereocenters. The lowest BCUT2D eigenvalue weighted by atomic mass is 9.99. The highest BCUT2D eigenvalue weighted by Gasteiger charge is 2.35. The summed E-state index contributed by atoms with van der Waals surface area (Å²) >= 11 is 0. The number of aromatic nitrogens is 1. The van der Waals surface area contributed by atoms with Crippen LogP contribution in [0.2, 0.25) is 0 Å². The number of nitrogens with one attached hydrogen (secondary N) is 3. The molecule has 2 atom stereocenters. The highest BCUT2D eigenvalue weighted by molar-refractivity contribution is 7.59. The molecule has 1 saturated heterocycles. The molecule has 2 heterocycles. The molecule has 0 radical (unpaired) electrons. The number of aromatic amines is 1. The largest absolute Gasteiger partial charge is 0.361 e. The molecule has 2 aromatic carbocycles. The number of urea groups is 1. The van der Waals surface area contributed by atoms with Crippen molar-refractivity contribution in [3.8, 4) is 0 Å². The van der Waals surface area contributed by atoms with Crippen LogP contribution in [0.15, 0.2) is 42.6 Å². The van der Waals surface area contributed by atoms with Crippen molar-refractivity contribution in [1.82, 2.24) is 9.88 Å². The molecule has 1 fully saturated rings. The van der Waals surface area contributed by atoms with Gasteiger partial charge in [-0.3, -0.25) is 14.5 Å². The fraction of sp³-hybridized carbons (Fsp3) is 0.320. The van der Waals surface area contributed by atoms with Crippen LogP contribution in [-0.4, -0.2) is 34.5 Å². The van der Waals surface area contributed by atoms with Crippen molar-refractivity contribution >= 4 is 47.7 Å². The highest BCUT2D eigenvalue weighted by atomic mass is 32.1. The Labute approximate surface area is 210 Å². The summed E-state index contributed by atoms with van der Waals surface area (Å²) in [5.41, 5.74) is 2.26. The first-order valence-corrected chi connectivity index (χ1v) is 10.6. The normalized spacial score (nSPS) is 15.5. The van der Waals surface area contributed by atoms with E-state index in [2.05, 4.69) is 20.5 Å². The van der Waals surface area contributed by atoms with Crippen molar-refractivity contribution in [3.63, 3.8) is 0 Å². The van der Waals surface area contributed by atoms with E-state index in [-0.39, 0.29) is 44.6 Å². The highest BCUT2D eigenvalue weighted by Crippen LogP contribution is 2.27. The number of benzene rings is 2. The van der Waals surface area contributed by atoms with Crippen molar-refractivity contribution in [2.24, 2.45) is 5.92 Å². The average molecular weight is 502 g/mol. The summed E-state index contributed by atoms with van der Waals surface area (Å²) in [6.45, 7) is 9.76. The Morgan fingerprint density at radius 3 is 2.54 bits per heavy atom. The third kappa shape index (κ3) is 6.31. The third-order valence-corrected chi connectivity index (χ3v) is 5.75. The summed E-state index contributed by atoms with van der Waals surface area (Å²) in [6, 6.07) is 7.41. The number of anilines is 2. The topological polar surface area (TPSA) is 81.6 Å². The van der Waals surface area contributed by atoms with Gasteiger partial charge < -0.3 is 15.6 Å². The van der Waals surface area contributed by atoms with E-state index in [0.29, 0.717) is 25.1 Å². The number of rotatable bonds is 5. The van der Waals surface area contributed by atoms with Crippen molar-refractivity contribution in [3.05, 3.63) is 71.2 Å². The second kappa shape index (κ2) is 11.7. The lowest BCUT2D eigenvalue weighted by Gasteiger charge is -2.20. The van der Waals surface area contributed by atoms with E-state index in [1.54, 1.807) is 23.1 Å². The fourth-order valence-electron chi connectivity index (χ4n) is 4.19. The average Bonchev–Trinajstić information content (AvgIpc) is 3.39. The van der Waals surface area contributed by atoms with E-state index < -0.39 is 17.7 Å². The smallest absolute Gasteiger partial charge is 0.323 e. The van der Waals surface area contributed by atoms with Gasteiger partial charge in [0.2, 0.25) is 5.91 Å². The van der Waals surface area contributed by atoms with Crippen molar-refractivity contribution in [2.45, 2.75) is 39.8 Å². The number of likely N-dealkylation sites (tertiary alicyclic amines) is 1. The molecule has 0 spiro atoms. The Kier molecular flexibility index (Phi) is 9.25. The van der Waals surface area contributed by atoms with Crippen molar-refractivity contribution in [2.75, 3.05) is 17.2 Å². The molecule has 3 aromatic rings. The Morgan fingerprint density at radius 2 is 1.86 bits per heavy atom. The molecule has 0 saturated carbocycles. The molecule has 3 N–H and O–H groups in total. The number of hydrogen-bond donors (Lipinski definition) is 3. The van der Waals surface area contributed by atoms with E-state index in [9.17, 15) is 18.4 Å². The van der Waals surface area contributed by atoms with E-state index in [1.165, 1.54) is 0 Å². The number of halogens is 2. The van der Waals surface area contributed by atoms with Crippen LogP contribution in [0.3, 0.4) is 0 Å². The molecule has 1 aliphatic rings. The van der Waals surface area contributed by atoms with Crippen LogP contribution in [0.25, 0.3) is 15.7 Å². The van der Waals surface area contributed by atoms with Gasteiger partial charge in [-0.25, -0.2) is 20.1 Å². The molecule has 35 heavy (non-hydrogen) atoms. The van der Waals surface area contributed by atoms with Gasteiger partial charge in [-0.15, -0.1) is 0 Å². The lowest BCUT2D eigenvalue weighted by Crippen LogP contribution is -2.38. The second-order valence-corrected chi connectivity index (χ2v) is 8.20. The first kappa shape index (κ1) is 27.7. The lowest BCUT2D eigenvalue weighted by molar-refractivity contribution is -0.135. The molecule has 10 heteroatoms. The predicted octanol–water partition coefficient (Wildman–Crippen LogP) is 5.89. The number of carbonyl (C=O) groups excluding carboxylic acids is 2. The maximum absolute atomic E-state index is 13.3. The van der Waals surface area contributed by atoms with Gasteiger partial charge in [0.15, 0.2) is 0 Å². The number of fused-ring (bicyclic) bond motifs is 1. The molecule has 0 bridgehead atoms. The predicted molar refractivity (Wildman–Crippen MR) is 139 cm³/mol. The Morgan fingerprint density at radius 1 is 1.17 bits per heavy atom. The van der Waals surface area contributed by atoms with Crippen LogP contribution in [-0.2, 0) is 11.2 Å². The number of H-pyrrole nitrogens is 1. The van der Waals surface area contributed by atoms with Gasteiger partial charge in [-0.1, -0.05) is 14.4 Å². The van der Waals surface area contributed by atoms with Gasteiger partial charge in [-0.05, 0) is 48.7 Å². The van der Waals surface area contributed by atoms with E-state index in [0.717, 1.165) is 41.1 Å². The van der Waals surface area contributed by atoms with Crippen LogP contribution < -0.4 is 10.6 Å². The van der Waals surface area contributed by atoms with Gasteiger partial charge in [0.1, 0.15) is 11.6 Å². The second-order valence-electron chi connectivity index (χ2n) is 8.20. The number of hydrogen-bond acceptors (Lipinski definition) is 2. The summed E-state index contributed by atoms with van der Waals surface area (Å²) in [5, 5.41) is 5.91. The maximum atomic E-state index is 13.3. The van der Waals surface area contributed by atoms with Gasteiger partial charge in [0.05, 0.1) is 0 Å². The van der Waals surface area contributed by atoms with Gasteiger partial charge >= 0.3 is 12.2 Å². The van der Waals surface area contributed by atoms with Gasteiger partial charge in [0.25, 0.3) is 0 Å². The maximum Gasteiger partial charge on any atom is 0.323 e. The van der Waals surface area contributed by atoms with Crippen molar-refractivity contribution < 1.29 is 18.4 Å². The first-order valence-electron chi connectivity index (χ1n) is 10.6. The molecule has 1 aromatic heterocycles. The van der Waals surface area contributed by atoms with Crippen molar-refractivity contribution in [1.29, 1.82) is 0 Å². The quantitative estimate of drug-likeness (QED) is 0.381. The van der Waals surface area contributed by atoms with Crippen LogP contribution in [0.4, 0.5) is 25.0 Å². The van der Waals surface area contributed by atoms with Crippen LogP contribution >= 0.6 is 13.5 Å². The Balaban J connectivity index is 0.00000216. The zero-order valence-electron chi connectivity index (χ0n) is 18.5. The SMILES string of the molecule is C.S.[C-]#[N+][C@@H]1CCCN1C(=O)[C@@H](C)Cc1c[nH]c2ccc(NC(=O)Nc3cc(F)cc(F)c3)cc12. The standard InChI is InChI=1S/C24H23F2N5O2.CH4.H2S/c1-14(23(32)31-7-3-4-22(31)27-2)8-15-13-28-21-6-5-18(12-20(15)21)29-24(33)30-19-10-16(25)9-17(26)11-19;;/h5-6,9-14,22,28H,3-4,7-8H2,1H3,(H2,29,30,33);1H4;1H2/t14-,22-;;/m0../s1. The number of nitrogens with zero attached hydrogens (tertiary/aromatic N) is 2. The molecule has 1 aliphatic heterocycles. The van der Waals surface area contributed by atoms with E-state index in [4.69, 9.17) is 6.57 Å². The summed E-state index contributed by atoms with van der Waals surface area (Å²) in [7, 11) is 0. The molecule has 7 nitrogen and oxygen atoms in total. The Bertz CT molecular complexity index is 1240. The zero-order valence-corrected chi connectivity index (χ0v) is 19.5. The van der Waals surface area contributed by atoms with Crippen LogP contribution in [0.5, 0.6) is 0 Å². The Hall–Kier alpha value is -3.58. The molecule has 4 rings (SSSR count). The number of carbonyl (C=O) groups is 2. The first-order chi connectivity index (χ1) is 15.8. The van der Waals surface area contributed by atoms with Crippen LogP contribution in [0, 0.1) is 24.1 Å². The minimum absolute atomic E-state index is 0. The number of amides is 3. The van der Waals surface area contributed by atoms with E-state index >= 15 is 0 Å². The summed E-state index contributed by atoms with van der Waals surface area (Å²) in [6.07, 6.45) is 3.51. The van der Waals surface area contributed by atoms with Gasteiger partial charge in [-0.2, -0.15) is 13.5 Å².